The first-order chi connectivity index (χ1) is 13.9. The Balaban J connectivity index is 1.52. The second-order valence-corrected chi connectivity index (χ2v) is 10.3. The van der Waals surface area contributed by atoms with E-state index < -0.39 is 10.0 Å². The molecule has 2 N–H and O–H groups in total. The van der Waals surface area contributed by atoms with Gasteiger partial charge in [0.15, 0.2) is 0 Å². The Morgan fingerprint density at radius 1 is 1.14 bits per heavy atom. The third-order valence-electron chi connectivity index (χ3n) is 6.25. The summed E-state index contributed by atoms with van der Waals surface area (Å²) in [5.74, 6) is 1.82. The first-order valence-electron chi connectivity index (χ1n) is 10.9. The topological polar surface area (TPSA) is 76.7 Å². The highest BCUT2D eigenvalue weighted by molar-refractivity contribution is 7.88. The van der Waals surface area contributed by atoms with E-state index in [1.54, 1.807) is 0 Å². The van der Waals surface area contributed by atoms with Gasteiger partial charge in [-0.3, -0.25) is 0 Å². The van der Waals surface area contributed by atoms with Crippen LogP contribution < -0.4 is 14.8 Å². The molecule has 3 atom stereocenters. The number of hydrogen-bond acceptors (Lipinski definition) is 5. The van der Waals surface area contributed by atoms with Crippen LogP contribution in [0.15, 0.2) is 24.3 Å². The zero-order chi connectivity index (χ0) is 20.9. The summed E-state index contributed by atoms with van der Waals surface area (Å²) in [5, 5.41) is 3.45. The van der Waals surface area contributed by atoms with Gasteiger partial charge in [0.25, 0.3) is 0 Å². The molecular formula is C22H36N2O4S. The highest BCUT2D eigenvalue weighted by atomic mass is 32.2. The van der Waals surface area contributed by atoms with Crippen molar-refractivity contribution in [2.24, 2.45) is 5.92 Å². The molecule has 7 heteroatoms. The van der Waals surface area contributed by atoms with Gasteiger partial charge in [-0.1, -0.05) is 25.1 Å². The maximum atomic E-state index is 11.8. The molecule has 164 valence electrons. The van der Waals surface area contributed by atoms with Gasteiger partial charge in [0, 0.05) is 12.1 Å². The van der Waals surface area contributed by atoms with E-state index in [1.807, 2.05) is 13.0 Å². The molecule has 0 radical (unpaired) electrons. The predicted molar refractivity (Wildman–Crippen MR) is 116 cm³/mol. The Morgan fingerprint density at radius 3 is 2.55 bits per heavy atom. The average molecular weight is 425 g/mol. The van der Waals surface area contributed by atoms with Crippen LogP contribution in [0.3, 0.4) is 0 Å². The van der Waals surface area contributed by atoms with Crippen LogP contribution in [0.4, 0.5) is 0 Å². The summed E-state index contributed by atoms with van der Waals surface area (Å²) in [7, 11) is -3.24. The number of para-hydroxylation sites is 1. The summed E-state index contributed by atoms with van der Waals surface area (Å²) in [6, 6.07) is 8.27. The minimum atomic E-state index is -3.24. The summed E-state index contributed by atoms with van der Waals surface area (Å²) in [4.78, 5) is 0. The Morgan fingerprint density at radius 2 is 1.86 bits per heavy atom. The van der Waals surface area contributed by atoms with Gasteiger partial charge in [0.1, 0.15) is 5.75 Å². The van der Waals surface area contributed by atoms with Crippen molar-refractivity contribution in [2.75, 3.05) is 26.0 Å². The Kier molecular flexibility index (Phi) is 7.96. The van der Waals surface area contributed by atoms with Gasteiger partial charge in [0.2, 0.25) is 10.0 Å². The number of sulfonamides is 1. The second-order valence-electron chi connectivity index (χ2n) is 8.52. The maximum absolute atomic E-state index is 11.8. The lowest BCUT2D eigenvalue weighted by Crippen LogP contribution is -2.59. The standard InChI is InChI=1S/C22H36N2O4S/c1-4-27-21-8-6-5-7-19(21)17-9-11-18(12-10-17)28-15-20-22(24-29(3,25)26)16(2)13-14-23-20/h5-8,16-18,20,22-24H,4,9-15H2,1-3H3/t16-,17?,18?,20+,22+/m1/s1. The summed E-state index contributed by atoms with van der Waals surface area (Å²) in [6.07, 6.45) is 6.67. The molecule has 1 heterocycles. The van der Waals surface area contributed by atoms with Crippen molar-refractivity contribution in [2.45, 2.75) is 70.1 Å². The van der Waals surface area contributed by atoms with Crippen molar-refractivity contribution >= 4 is 10.0 Å². The van der Waals surface area contributed by atoms with Crippen LogP contribution in [0.25, 0.3) is 0 Å². The van der Waals surface area contributed by atoms with Gasteiger partial charge < -0.3 is 14.8 Å². The molecule has 6 nitrogen and oxygen atoms in total. The molecule has 29 heavy (non-hydrogen) atoms. The number of hydrogen-bond donors (Lipinski definition) is 2. The molecule has 2 aliphatic rings. The van der Waals surface area contributed by atoms with E-state index in [2.05, 4.69) is 35.2 Å². The lowest BCUT2D eigenvalue weighted by Gasteiger charge is -2.38. The Bertz CT molecular complexity index is 747. The predicted octanol–water partition coefficient (Wildman–Crippen LogP) is 3.04. The van der Waals surface area contributed by atoms with Crippen molar-refractivity contribution < 1.29 is 17.9 Å². The SMILES string of the molecule is CCOc1ccccc1C1CCC(OC[C@@H]2NCC[C@@H](C)[C@@H]2NS(C)(=O)=O)CC1. The molecule has 2 fully saturated rings. The van der Waals surface area contributed by atoms with Gasteiger partial charge in [-0.15, -0.1) is 0 Å². The fourth-order valence-electron chi connectivity index (χ4n) is 4.69. The lowest BCUT2D eigenvalue weighted by atomic mass is 9.82. The van der Waals surface area contributed by atoms with E-state index >= 15 is 0 Å². The fraction of sp³-hybridized carbons (Fsp3) is 0.727. The summed E-state index contributed by atoms with van der Waals surface area (Å²) in [5.41, 5.74) is 1.31. The van der Waals surface area contributed by atoms with E-state index in [9.17, 15) is 8.42 Å². The molecule has 1 saturated heterocycles. The highest BCUT2D eigenvalue weighted by Crippen LogP contribution is 2.38. The number of rotatable bonds is 8. The van der Waals surface area contributed by atoms with Gasteiger partial charge in [-0.2, -0.15) is 0 Å². The molecule has 0 spiro atoms. The molecule has 0 unspecified atom stereocenters. The molecule has 1 saturated carbocycles. The van der Waals surface area contributed by atoms with Crippen LogP contribution in [0.1, 0.15) is 57.4 Å². The fourth-order valence-corrected chi connectivity index (χ4v) is 5.58. The number of benzene rings is 1. The van der Waals surface area contributed by atoms with Crippen LogP contribution in [-0.2, 0) is 14.8 Å². The largest absolute Gasteiger partial charge is 0.494 e. The average Bonchev–Trinajstić information content (AvgIpc) is 2.69. The minimum absolute atomic E-state index is 0.0184. The maximum Gasteiger partial charge on any atom is 0.209 e. The number of nitrogens with one attached hydrogen (secondary N) is 2. The van der Waals surface area contributed by atoms with E-state index in [1.165, 1.54) is 11.8 Å². The molecule has 0 bridgehead atoms. The van der Waals surface area contributed by atoms with E-state index in [-0.39, 0.29) is 18.2 Å². The Labute approximate surface area is 175 Å². The molecule has 0 aromatic heterocycles. The molecule has 1 aliphatic heterocycles. The normalized spacial score (nSPS) is 30.8. The van der Waals surface area contributed by atoms with Crippen molar-refractivity contribution in [1.29, 1.82) is 0 Å². The van der Waals surface area contributed by atoms with Crippen LogP contribution in [0.2, 0.25) is 0 Å². The van der Waals surface area contributed by atoms with Crippen LogP contribution >= 0.6 is 0 Å². The second kappa shape index (κ2) is 10.2. The Hall–Kier alpha value is -1.15. The van der Waals surface area contributed by atoms with Crippen LogP contribution in [0, 0.1) is 5.92 Å². The molecule has 0 amide bonds. The molecule has 1 aromatic rings. The summed E-state index contributed by atoms with van der Waals surface area (Å²) >= 11 is 0. The van der Waals surface area contributed by atoms with Crippen molar-refractivity contribution in [3.63, 3.8) is 0 Å². The van der Waals surface area contributed by atoms with Gasteiger partial charge in [0.05, 0.1) is 25.6 Å². The zero-order valence-corrected chi connectivity index (χ0v) is 18.7. The first kappa shape index (κ1) is 22.5. The molecule has 3 rings (SSSR count). The van der Waals surface area contributed by atoms with E-state index in [0.29, 0.717) is 25.0 Å². The first-order valence-corrected chi connectivity index (χ1v) is 12.8. The third kappa shape index (κ3) is 6.41. The van der Waals surface area contributed by atoms with Crippen molar-refractivity contribution in [3.05, 3.63) is 29.8 Å². The van der Waals surface area contributed by atoms with Gasteiger partial charge in [-0.25, -0.2) is 13.1 Å². The quantitative estimate of drug-likeness (QED) is 0.671. The van der Waals surface area contributed by atoms with Crippen molar-refractivity contribution in [3.8, 4) is 5.75 Å². The summed E-state index contributed by atoms with van der Waals surface area (Å²) < 4.78 is 38.4. The highest BCUT2D eigenvalue weighted by Gasteiger charge is 2.33. The van der Waals surface area contributed by atoms with E-state index in [4.69, 9.17) is 9.47 Å². The van der Waals surface area contributed by atoms with E-state index in [0.717, 1.165) is 44.4 Å². The zero-order valence-electron chi connectivity index (χ0n) is 17.9. The summed E-state index contributed by atoms with van der Waals surface area (Å²) in [6.45, 7) is 6.26. The molecule has 1 aromatic carbocycles. The minimum Gasteiger partial charge on any atom is -0.494 e. The lowest BCUT2D eigenvalue weighted by molar-refractivity contribution is 0.00108. The van der Waals surface area contributed by atoms with Gasteiger partial charge in [-0.05, 0) is 69.0 Å². The molecular weight excluding hydrogens is 388 g/mol. The number of piperidine rings is 1. The van der Waals surface area contributed by atoms with Gasteiger partial charge >= 0.3 is 0 Å². The monoisotopic (exact) mass is 424 g/mol. The number of ether oxygens (including phenoxy) is 2. The van der Waals surface area contributed by atoms with Crippen LogP contribution in [0.5, 0.6) is 5.75 Å². The van der Waals surface area contributed by atoms with Crippen molar-refractivity contribution in [1.82, 2.24) is 10.0 Å². The van der Waals surface area contributed by atoms with Crippen LogP contribution in [-0.4, -0.2) is 52.6 Å². The smallest absolute Gasteiger partial charge is 0.209 e. The third-order valence-corrected chi connectivity index (χ3v) is 6.95. The molecule has 1 aliphatic carbocycles.